The fourth-order valence-electron chi connectivity index (χ4n) is 4.04. The van der Waals surface area contributed by atoms with Gasteiger partial charge in [0, 0.05) is 10.6 Å². The number of hydrogen-bond acceptors (Lipinski definition) is 8. The smallest absolute Gasteiger partial charge is 0.350 e. The Morgan fingerprint density at radius 1 is 1.22 bits per heavy atom. The monoisotopic (exact) mass is 538 g/mol. The van der Waals surface area contributed by atoms with Crippen LogP contribution in [0.1, 0.15) is 38.1 Å². The number of halogens is 1. The molecule has 1 aliphatic rings. The normalized spacial score (nSPS) is 16.6. The predicted octanol–water partition coefficient (Wildman–Crippen LogP) is 5.39. The van der Waals surface area contributed by atoms with Crippen molar-refractivity contribution in [2.45, 2.75) is 19.9 Å². The highest BCUT2D eigenvalue weighted by atomic mass is 35.5. The van der Waals surface area contributed by atoms with Crippen LogP contribution in [0.4, 0.5) is 5.13 Å². The number of Topliss-reactive ketones (excluding diaryl/α,β-unsaturated/α-hetero) is 1. The van der Waals surface area contributed by atoms with Crippen molar-refractivity contribution in [1.82, 2.24) is 4.98 Å². The second-order valence-corrected chi connectivity index (χ2v) is 9.61. The highest BCUT2D eigenvalue weighted by Gasteiger charge is 2.48. The molecule has 2 aromatic carbocycles. The van der Waals surface area contributed by atoms with E-state index in [1.165, 1.54) is 18.1 Å². The molecule has 0 aliphatic carbocycles. The molecule has 1 unspecified atom stereocenters. The minimum Gasteiger partial charge on any atom is -0.507 e. The topological polar surface area (TPSA) is 106 Å². The Balaban J connectivity index is 1.89. The molecule has 1 aromatic heterocycles. The number of hydrogen-bond donors (Lipinski definition) is 1. The highest BCUT2D eigenvalue weighted by Crippen LogP contribution is 2.44. The van der Waals surface area contributed by atoms with Crippen LogP contribution in [0.5, 0.6) is 5.75 Å². The summed E-state index contributed by atoms with van der Waals surface area (Å²) in [7, 11) is 1.53. The van der Waals surface area contributed by atoms with Gasteiger partial charge in [-0.3, -0.25) is 14.5 Å². The van der Waals surface area contributed by atoms with Gasteiger partial charge in [0.2, 0.25) is 0 Å². The molecule has 1 N–H and O–H groups in total. The summed E-state index contributed by atoms with van der Waals surface area (Å²) in [6.45, 7) is 6.91. The number of ether oxygens (including phenoxy) is 2. The molecule has 4 rings (SSSR count). The van der Waals surface area contributed by atoms with Gasteiger partial charge in [0.15, 0.2) is 5.13 Å². The summed E-state index contributed by atoms with van der Waals surface area (Å²) in [6, 6.07) is 10.6. The second-order valence-electron chi connectivity index (χ2n) is 8.20. The summed E-state index contributed by atoms with van der Waals surface area (Å²) in [6.07, 6.45) is 1.44. The number of nitrogens with zero attached hydrogens (tertiary/aromatic N) is 2. The zero-order valence-corrected chi connectivity index (χ0v) is 21.9. The van der Waals surface area contributed by atoms with E-state index in [2.05, 4.69) is 11.6 Å². The fourth-order valence-corrected chi connectivity index (χ4v) is 5.15. The number of benzene rings is 2. The first-order chi connectivity index (χ1) is 17.7. The Bertz CT molecular complexity index is 1440. The van der Waals surface area contributed by atoms with Gasteiger partial charge in [-0.05, 0) is 55.3 Å². The summed E-state index contributed by atoms with van der Waals surface area (Å²) >= 11 is 7.01. The first-order valence-electron chi connectivity index (χ1n) is 11.1. The lowest BCUT2D eigenvalue weighted by Crippen LogP contribution is -2.29. The van der Waals surface area contributed by atoms with Crippen LogP contribution in [0.15, 0.2) is 60.7 Å². The van der Waals surface area contributed by atoms with Crippen LogP contribution in [0.3, 0.4) is 0 Å². The number of methoxy groups -OCH3 is 1. The number of amides is 1. The van der Waals surface area contributed by atoms with Crippen LogP contribution < -0.4 is 9.64 Å². The van der Waals surface area contributed by atoms with E-state index in [1.807, 2.05) is 0 Å². The zero-order chi connectivity index (χ0) is 26.9. The fraction of sp³-hybridized carbons (Fsp3) is 0.185. The molecular formula is C27H23ClN2O6S. The lowest BCUT2D eigenvalue weighted by molar-refractivity contribution is -0.132. The third-order valence-corrected chi connectivity index (χ3v) is 7.22. The van der Waals surface area contributed by atoms with Gasteiger partial charge in [-0.15, -0.1) is 0 Å². The van der Waals surface area contributed by atoms with E-state index in [9.17, 15) is 19.5 Å². The Morgan fingerprint density at radius 2 is 1.92 bits per heavy atom. The zero-order valence-electron chi connectivity index (χ0n) is 20.3. The van der Waals surface area contributed by atoms with Crippen molar-refractivity contribution in [3.05, 3.63) is 93.0 Å². The van der Waals surface area contributed by atoms with E-state index in [0.717, 1.165) is 11.3 Å². The molecule has 0 bridgehead atoms. The van der Waals surface area contributed by atoms with Gasteiger partial charge in [-0.25, -0.2) is 9.78 Å². The van der Waals surface area contributed by atoms with E-state index >= 15 is 0 Å². The Kier molecular flexibility index (Phi) is 7.47. The molecule has 190 valence electrons. The third kappa shape index (κ3) is 4.87. The van der Waals surface area contributed by atoms with Crippen molar-refractivity contribution in [2.24, 2.45) is 0 Å². The molecule has 3 aromatic rings. The molecule has 1 atom stereocenters. The van der Waals surface area contributed by atoms with Crippen molar-refractivity contribution in [2.75, 3.05) is 18.6 Å². The van der Waals surface area contributed by atoms with Crippen LogP contribution in [0.2, 0.25) is 5.02 Å². The van der Waals surface area contributed by atoms with Crippen molar-refractivity contribution < 1.29 is 29.0 Å². The highest BCUT2D eigenvalue weighted by molar-refractivity contribution is 7.17. The molecular weight excluding hydrogens is 516 g/mol. The van der Waals surface area contributed by atoms with Crippen LogP contribution in [-0.2, 0) is 14.3 Å². The van der Waals surface area contributed by atoms with Gasteiger partial charge in [-0.1, -0.05) is 47.7 Å². The number of carbonyl (C=O) groups excluding carboxylic acids is 3. The van der Waals surface area contributed by atoms with Crippen molar-refractivity contribution >= 4 is 51.5 Å². The van der Waals surface area contributed by atoms with E-state index in [-0.39, 0.29) is 27.9 Å². The molecule has 1 aliphatic heterocycles. The summed E-state index contributed by atoms with van der Waals surface area (Å²) in [5.74, 6) is -2.13. The molecule has 0 spiro atoms. The number of esters is 1. The van der Waals surface area contributed by atoms with E-state index in [1.54, 1.807) is 56.3 Å². The number of anilines is 1. The van der Waals surface area contributed by atoms with Crippen molar-refractivity contribution in [3.63, 3.8) is 0 Å². The average molecular weight is 539 g/mol. The molecule has 8 nitrogen and oxygen atoms in total. The standard InChI is InChI=1S/C27H23ClN2O6S/c1-5-12-36-26(34)24-15(3)29-27(37-24)30-21(16-6-8-17(28)9-7-16)20(23(32)25(30)33)22(31)19-11-10-18(35-4)13-14(19)2/h5-11,13,21,31H,1,12H2,2-4H3. The minimum absolute atomic E-state index is 0.0159. The van der Waals surface area contributed by atoms with Gasteiger partial charge in [0.05, 0.1) is 24.4 Å². The van der Waals surface area contributed by atoms with Gasteiger partial charge >= 0.3 is 11.9 Å². The number of rotatable bonds is 7. The van der Waals surface area contributed by atoms with E-state index in [4.69, 9.17) is 21.1 Å². The largest absolute Gasteiger partial charge is 0.507 e. The lowest BCUT2D eigenvalue weighted by atomic mass is 9.94. The number of carbonyl (C=O) groups is 3. The molecule has 2 heterocycles. The average Bonchev–Trinajstić information content (AvgIpc) is 3.39. The number of thiazole rings is 1. The summed E-state index contributed by atoms with van der Waals surface area (Å²) in [4.78, 5) is 45.0. The van der Waals surface area contributed by atoms with Gasteiger partial charge in [0.1, 0.15) is 23.0 Å². The lowest BCUT2D eigenvalue weighted by Gasteiger charge is -2.23. The van der Waals surface area contributed by atoms with Crippen molar-refractivity contribution in [1.29, 1.82) is 0 Å². The van der Waals surface area contributed by atoms with E-state index in [0.29, 0.717) is 33.2 Å². The Labute approximate surface area is 222 Å². The minimum atomic E-state index is -1.01. The molecule has 1 fully saturated rings. The SMILES string of the molecule is C=CCOC(=O)c1sc(N2C(=O)C(=O)C(=C(O)c3ccc(OC)cc3C)C2c2ccc(Cl)cc2)nc1C. The first-order valence-corrected chi connectivity index (χ1v) is 12.3. The number of aryl methyl sites for hydroxylation is 2. The van der Waals surface area contributed by atoms with Crippen molar-refractivity contribution in [3.8, 4) is 5.75 Å². The number of aliphatic hydroxyl groups is 1. The van der Waals surface area contributed by atoms with Crippen LogP contribution >= 0.6 is 22.9 Å². The Hall–Kier alpha value is -3.95. The van der Waals surface area contributed by atoms with E-state index < -0.39 is 23.7 Å². The molecule has 10 heteroatoms. The van der Waals surface area contributed by atoms with Crippen LogP contribution in [0.25, 0.3) is 5.76 Å². The predicted molar refractivity (Wildman–Crippen MR) is 141 cm³/mol. The molecule has 0 saturated carbocycles. The molecule has 1 amide bonds. The maximum absolute atomic E-state index is 13.4. The van der Waals surface area contributed by atoms with Gasteiger partial charge in [-0.2, -0.15) is 0 Å². The first kappa shape index (κ1) is 26.1. The maximum Gasteiger partial charge on any atom is 0.350 e. The molecule has 37 heavy (non-hydrogen) atoms. The van der Waals surface area contributed by atoms with Crippen LogP contribution in [0, 0.1) is 13.8 Å². The summed E-state index contributed by atoms with van der Waals surface area (Å²) < 4.78 is 10.4. The van der Waals surface area contributed by atoms with Gasteiger partial charge < -0.3 is 14.6 Å². The maximum atomic E-state index is 13.4. The Morgan fingerprint density at radius 3 is 2.54 bits per heavy atom. The number of ketones is 1. The second kappa shape index (κ2) is 10.6. The summed E-state index contributed by atoms with van der Waals surface area (Å²) in [5, 5.41) is 11.9. The summed E-state index contributed by atoms with van der Waals surface area (Å²) in [5.41, 5.74) is 1.79. The van der Waals surface area contributed by atoms with Gasteiger partial charge in [0.25, 0.3) is 5.78 Å². The third-order valence-electron chi connectivity index (χ3n) is 5.83. The number of aromatic nitrogens is 1. The molecule has 0 radical (unpaired) electrons. The quantitative estimate of drug-likeness (QED) is 0.141. The molecule has 1 saturated heterocycles. The number of aliphatic hydroxyl groups excluding tert-OH is 1. The van der Waals surface area contributed by atoms with Crippen LogP contribution in [-0.4, -0.2) is 41.5 Å².